The standard InChI is InChI=1S/C16H16BrN3O3/c1-11-8-12(20(21)22)4-5-15(11)18-10-13-9-14(17)16(23-13)19-6-2-3-7-19/h4-5,8-10H,2-3,6-7H2,1H3. The highest BCUT2D eigenvalue weighted by molar-refractivity contribution is 9.10. The molecule has 0 saturated carbocycles. The first-order chi connectivity index (χ1) is 11.0. The molecule has 1 fully saturated rings. The number of nitrogens with zero attached hydrogens (tertiary/aromatic N) is 3. The van der Waals surface area contributed by atoms with E-state index in [1.807, 2.05) is 6.07 Å². The van der Waals surface area contributed by atoms with Crippen molar-refractivity contribution in [2.24, 2.45) is 4.99 Å². The summed E-state index contributed by atoms with van der Waals surface area (Å²) in [6.45, 7) is 3.81. The van der Waals surface area contributed by atoms with Gasteiger partial charge in [0.15, 0.2) is 0 Å². The van der Waals surface area contributed by atoms with E-state index in [-0.39, 0.29) is 5.69 Å². The van der Waals surface area contributed by atoms with Gasteiger partial charge in [-0.1, -0.05) is 0 Å². The maximum atomic E-state index is 10.8. The van der Waals surface area contributed by atoms with Crippen molar-refractivity contribution in [1.82, 2.24) is 0 Å². The molecule has 2 aromatic rings. The number of anilines is 1. The molecule has 0 radical (unpaired) electrons. The number of furan rings is 1. The lowest BCUT2D eigenvalue weighted by molar-refractivity contribution is -0.384. The average Bonchev–Trinajstić information content (AvgIpc) is 3.15. The Morgan fingerprint density at radius 3 is 2.74 bits per heavy atom. The zero-order valence-corrected chi connectivity index (χ0v) is 14.2. The Kier molecular flexibility index (Phi) is 4.47. The molecule has 0 bridgehead atoms. The summed E-state index contributed by atoms with van der Waals surface area (Å²) < 4.78 is 6.76. The maximum absolute atomic E-state index is 10.8. The van der Waals surface area contributed by atoms with Crippen LogP contribution in [0.1, 0.15) is 24.2 Å². The van der Waals surface area contributed by atoms with Gasteiger partial charge in [0, 0.05) is 31.3 Å². The van der Waals surface area contributed by atoms with Crippen molar-refractivity contribution < 1.29 is 9.34 Å². The van der Waals surface area contributed by atoms with E-state index in [9.17, 15) is 10.1 Å². The van der Waals surface area contributed by atoms with Gasteiger partial charge < -0.3 is 9.32 Å². The van der Waals surface area contributed by atoms with Crippen molar-refractivity contribution in [3.63, 3.8) is 0 Å². The van der Waals surface area contributed by atoms with Gasteiger partial charge in [0.05, 0.1) is 21.3 Å². The number of hydrogen-bond acceptors (Lipinski definition) is 5. The number of rotatable bonds is 4. The fourth-order valence-electron chi connectivity index (χ4n) is 2.61. The molecule has 0 amide bonds. The second-order valence-corrected chi connectivity index (χ2v) is 6.34. The first kappa shape index (κ1) is 15.7. The third-order valence-corrected chi connectivity index (χ3v) is 4.37. The van der Waals surface area contributed by atoms with E-state index in [4.69, 9.17) is 4.42 Å². The van der Waals surface area contributed by atoms with E-state index in [1.165, 1.54) is 25.0 Å². The van der Waals surface area contributed by atoms with Gasteiger partial charge in [-0.3, -0.25) is 15.1 Å². The van der Waals surface area contributed by atoms with Crippen LogP contribution in [-0.4, -0.2) is 24.2 Å². The smallest absolute Gasteiger partial charge is 0.269 e. The minimum atomic E-state index is -0.410. The molecule has 0 N–H and O–H groups in total. The molecule has 6 nitrogen and oxygen atoms in total. The fourth-order valence-corrected chi connectivity index (χ4v) is 3.16. The summed E-state index contributed by atoms with van der Waals surface area (Å²) in [4.78, 5) is 16.9. The highest BCUT2D eigenvalue weighted by atomic mass is 79.9. The molecule has 1 aromatic carbocycles. The molecule has 1 aliphatic heterocycles. The molecule has 0 atom stereocenters. The summed E-state index contributed by atoms with van der Waals surface area (Å²) >= 11 is 3.52. The summed E-state index contributed by atoms with van der Waals surface area (Å²) in [5, 5.41) is 10.8. The van der Waals surface area contributed by atoms with Crippen LogP contribution in [0.4, 0.5) is 17.3 Å². The van der Waals surface area contributed by atoms with Crippen molar-refractivity contribution in [2.75, 3.05) is 18.0 Å². The Hall–Kier alpha value is -2.15. The number of nitro benzene ring substituents is 1. The summed E-state index contributed by atoms with van der Waals surface area (Å²) in [5.41, 5.74) is 1.50. The quantitative estimate of drug-likeness (QED) is 0.443. The van der Waals surface area contributed by atoms with Gasteiger partial charge in [-0.15, -0.1) is 0 Å². The second kappa shape index (κ2) is 6.54. The molecule has 0 spiro atoms. The molecule has 2 heterocycles. The van der Waals surface area contributed by atoms with Crippen LogP contribution in [0.3, 0.4) is 0 Å². The first-order valence-electron chi connectivity index (χ1n) is 7.38. The third-order valence-electron chi connectivity index (χ3n) is 3.80. The van der Waals surface area contributed by atoms with Crippen molar-refractivity contribution in [1.29, 1.82) is 0 Å². The van der Waals surface area contributed by atoms with Crippen LogP contribution in [0.5, 0.6) is 0 Å². The average molecular weight is 378 g/mol. The molecule has 23 heavy (non-hydrogen) atoms. The van der Waals surface area contributed by atoms with E-state index < -0.39 is 4.92 Å². The topological polar surface area (TPSA) is 71.9 Å². The minimum Gasteiger partial charge on any atom is -0.438 e. The summed E-state index contributed by atoms with van der Waals surface area (Å²) in [5.74, 6) is 1.49. The van der Waals surface area contributed by atoms with Gasteiger partial charge in [-0.05, 0) is 47.3 Å². The van der Waals surface area contributed by atoms with Gasteiger partial charge in [0.25, 0.3) is 5.69 Å². The van der Waals surface area contributed by atoms with Crippen LogP contribution in [0.15, 0.2) is 38.1 Å². The molecule has 1 aromatic heterocycles. The normalized spacial score (nSPS) is 14.8. The van der Waals surface area contributed by atoms with E-state index in [0.717, 1.165) is 29.0 Å². The van der Waals surface area contributed by atoms with Crippen LogP contribution in [-0.2, 0) is 0 Å². The Bertz CT molecular complexity index is 764. The third kappa shape index (κ3) is 3.44. The van der Waals surface area contributed by atoms with Crippen molar-refractivity contribution in [2.45, 2.75) is 19.8 Å². The zero-order valence-electron chi connectivity index (χ0n) is 12.7. The van der Waals surface area contributed by atoms with Gasteiger partial charge in [0.2, 0.25) is 5.88 Å². The molecule has 0 aliphatic carbocycles. The number of aryl methyl sites for hydroxylation is 1. The number of aliphatic imine (C=N–C) groups is 1. The molecular formula is C16H16BrN3O3. The molecule has 3 rings (SSSR count). The summed E-state index contributed by atoms with van der Waals surface area (Å²) in [7, 11) is 0. The molecular weight excluding hydrogens is 362 g/mol. The molecule has 1 saturated heterocycles. The number of benzene rings is 1. The molecule has 0 unspecified atom stereocenters. The number of non-ortho nitro benzene ring substituents is 1. The number of nitro groups is 1. The fraction of sp³-hybridized carbons (Fsp3) is 0.312. The van der Waals surface area contributed by atoms with Crippen molar-refractivity contribution in [3.05, 3.63) is 50.2 Å². The van der Waals surface area contributed by atoms with E-state index >= 15 is 0 Å². The van der Waals surface area contributed by atoms with Crippen LogP contribution in [0, 0.1) is 17.0 Å². The largest absolute Gasteiger partial charge is 0.438 e. The van der Waals surface area contributed by atoms with Crippen LogP contribution >= 0.6 is 15.9 Å². The van der Waals surface area contributed by atoms with Crippen LogP contribution in [0.2, 0.25) is 0 Å². The molecule has 120 valence electrons. The highest BCUT2D eigenvalue weighted by Crippen LogP contribution is 2.32. The monoisotopic (exact) mass is 377 g/mol. The van der Waals surface area contributed by atoms with Crippen molar-refractivity contribution in [3.8, 4) is 0 Å². The first-order valence-corrected chi connectivity index (χ1v) is 8.17. The summed E-state index contributed by atoms with van der Waals surface area (Å²) in [6.07, 6.45) is 4.00. The Morgan fingerprint density at radius 1 is 1.35 bits per heavy atom. The number of hydrogen-bond donors (Lipinski definition) is 0. The lowest BCUT2D eigenvalue weighted by Gasteiger charge is -2.13. The number of halogens is 1. The minimum absolute atomic E-state index is 0.0681. The van der Waals surface area contributed by atoms with E-state index in [2.05, 4.69) is 25.8 Å². The van der Waals surface area contributed by atoms with Gasteiger partial charge >= 0.3 is 0 Å². The van der Waals surface area contributed by atoms with Crippen LogP contribution < -0.4 is 4.90 Å². The van der Waals surface area contributed by atoms with Gasteiger partial charge in [-0.2, -0.15) is 0 Å². The molecule has 7 heteroatoms. The Labute approximate surface area is 142 Å². The van der Waals surface area contributed by atoms with Crippen LogP contribution in [0.25, 0.3) is 0 Å². The van der Waals surface area contributed by atoms with E-state index in [0.29, 0.717) is 11.4 Å². The SMILES string of the molecule is Cc1cc([N+](=O)[O-])ccc1N=Cc1cc(Br)c(N2CCCC2)o1. The maximum Gasteiger partial charge on any atom is 0.269 e. The highest BCUT2D eigenvalue weighted by Gasteiger charge is 2.19. The lowest BCUT2D eigenvalue weighted by Crippen LogP contribution is -2.17. The van der Waals surface area contributed by atoms with E-state index in [1.54, 1.807) is 19.2 Å². The summed E-state index contributed by atoms with van der Waals surface area (Å²) in [6, 6.07) is 6.50. The Balaban J connectivity index is 1.80. The molecule has 1 aliphatic rings. The lowest BCUT2D eigenvalue weighted by atomic mass is 10.2. The van der Waals surface area contributed by atoms with Gasteiger partial charge in [-0.25, -0.2) is 0 Å². The van der Waals surface area contributed by atoms with Crippen molar-refractivity contribution >= 4 is 39.4 Å². The predicted octanol–water partition coefficient (Wildman–Crippen LogP) is 4.61. The predicted molar refractivity (Wildman–Crippen MR) is 92.9 cm³/mol. The zero-order chi connectivity index (χ0) is 16.4. The van der Waals surface area contributed by atoms with Gasteiger partial charge in [0.1, 0.15) is 5.76 Å². The Morgan fingerprint density at radius 2 is 2.09 bits per heavy atom. The second-order valence-electron chi connectivity index (χ2n) is 5.48.